The van der Waals surface area contributed by atoms with Crippen molar-refractivity contribution in [3.63, 3.8) is 0 Å². The van der Waals surface area contributed by atoms with E-state index in [1.807, 2.05) is 0 Å². The Morgan fingerprint density at radius 2 is 1.22 bits per heavy atom. The summed E-state index contributed by atoms with van der Waals surface area (Å²) in [5.74, 6) is 0. The summed E-state index contributed by atoms with van der Waals surface area (Å²) in [6.07, 6.45) is 6.02. The fourth-order valence-electron chi connectivity index (χ4n) is 6.42. The molecule has 6 rings (SSSR count). The number of hydrogen-bond acceptors (Lipinski definition) is 0. The molecule has 0 fully saturated rings. The summed E-state index contributed by atoms with van der Waals surface area (Å²) in [7, 11) is -2.01. The van der Waals surface area contributed by atoms with E-state index in [4.69, 9.17) is 0 Å². The molecule has 1 heteroatoms. The zero-order valence-electron chi connectivity index (χ0n) is 18.8. The molecule has 0 spiro atoms. The van der Waals surface area contributed by atoms with E-state index < -0.39 is 8.07 Å². The Hall–Kier alpha value is -3.16. The van der Waals surface area contributed by atoms with E-state index in [-0.39, 0.29) is 5.04 Å². The van der Waals surface area contributed by atoms with Gasteiger partial charge < -0.3 is 0 Å². The molecular weight excluding hydrogens is 400 g/mol. The number of hydrogen-bond donors (Lipinski definition) is 0. The molecule has 0 aromatic heterocycles. The van der Waals surface area contributed by atoms with Crippen LogP contribution >= 0.6 is 0 Å². The maximum absolute atomic E-state index is 2.63. The SMILES string of the molecule is C[Si](C)(C1c2ccccc2-c2ccccc21)C1(Cc2ccccc2)C=Cc2ccccc21. The first-order valence-electron chi connectivity index (χ1n) is 11.6. The molecule has 0 radical (unpaired) electrons. The molecule has 4 aromatic carbocycles. The molecule has 156 valence electrons. The molecule has 0 aliphatic heterocycles. The Morgan fingerprint density at radius 3 is 1.91 bits per heavy atom. The summed E-state index contributed by atoms with van der Waals surface area (Å²) >= 11 is 0. The van der Waals surface area contributed by atoms with E-state index in [0.717, 1.165) is 6.42 Å². The van der Waals surface area contributed by atoms with Crippen LogP contribution in [0.4, 0.5) is 0 Å². The van der Waals surface area contributed by atoms with Gasteiger partial charge in [0.25, 0.3) is 0 Å². The molecule has 0 amide bonds. The second kappa shape index (κ2) is 7.18. The summed E-state index contributed by atoms with van der Waals surface area (Å²) in [5, 5.41) is 0.0418. The van der Waals surface area contributed by atoms with Crippen molar-refractivity contribution in [3.05, 3.63) is 137 Å². The highest BCUT2D eigenvalue weighted by Crippen LogP contribution is 2.56. The fraction of sp³-hybridized carbons (Fsp3) is 0.161. The quantitative estimate of drug-likeness (QED) is 0.291. The third-order valence-corrected chi connectivity index (χ3v) is 13.0. The van der Waals surface area contributed by atoms with Crippen molar-refractivity contribution >= 4 is 14.1 Å². The first kappa shape index (κ1) is 19.5. The normalized spacial score (nSPS) is 18.9. The van der Waals surface area contributed by atoms with Gasteiger partial charge in [-0.15, -0.1) is 0 Å². The van der Waals surface area contributed by atoms with Crippen molar-refractivity contribution in [2.75, 3.05) is 0 Å². The van der Waals surface area contributed by atoms with Crippen LogP contribution in [0.25, 0.3) is 17.2 Å². The smallest absolute Gasteiger partial charge is 0.0757 e. The van der Waals surface area contributed by atoms with Gasteiger partial charge >= 0.3 is 0 Å². The van der Waals surface area contributed by atoms with Gasteiger partial charge in [-0.05, 0) is 45.4 Å². The van der Waals surface area contributed by atoms with E-state index in [2.05, 4.69) is 128 Å². The van der Waals surface area contributed by atoms with E-state index in [0.29, 0.717) is 5.54 Å². The van der Waals surface area contributed by atoms with Crippen molar-refractivity contribution in [3.8, 4) is 11.1 Å². The van der Waals surface area contributed by atoms with Gasteiger partial charge in [-0.1, -0.05) is 128 Å². The minimum atomic E-state index is -2.01. The molecule has 4 aromatic rings. The molecule has 0 bridgehead atoms. The lowest BCUT2D eigenvalue weighted by molar-refractivity contribution is 0.703. The van der Waals surface area contributed by atoms with Crippen LogP contribution in [-0.2, 0) is 11.5 Å². The van der Waals surface area contributed by atoms with E-state index in [9.17, 15) is 0 Å². The Kier molecular flexibility index (Phi) is 4.38. The molecule has 0 nitrogen and oxygen atoms in total. The summed E-state index contributed by atoms with van der Waals surface area (Å²) in [4.78, 5) is 0. The number of rotatable bonds is 4. The zero-order valence-corrected chi connectivity index (χ0v) is 19.8. The van der Waals surface area contributed by atoms with Crippen molar-refractivity contribution in [2.24, 2.45) is 0 Å². The van der Waals surface area contributed by atoms with Crippen LogP contribution in [0.5, 0.6) is 0 Å². The maximum Gasteiger partial charge on any atom is 0.0765 e. The van der Waals surface area contributed by atoms with Crippen LogP contribution in [0.15, 0.2) is 109 Å². The van der Waals surface area contributed by atoms with Crippen LogP contribution < -0.4 is 0 Å². The van der Waals surface area contributed by atoms with Crippen molar-refractivity contribution in [2.45, 2.75) is 30.1 Å². The fourth-order valence-corrected chi connectivity index (χ4v) is 11.1. The summed E-state index contributed by atoms with van der Waals surface area (Å²) < 4.78 is 0. The topological polar surface area (TPSA) is 0 Å². The van der Waals surface area contributed by atoms with Crippen molar-refractivity contribution < 1.29 is 0 Å². The molecule has 32 heavy (non-hydrogen) atoms. The third kappa shape index (κ3) is 2.67. The Labute approximate surface area is 192 Å². The molecule has 2 aliphatic carbocycles. The Morgan fingerprint density at radius 1 is 0.656 bits per heavy atom. The average Bonchev–Trinajstić information content (AvgIpc) is 3.37. The molecule has 2 aliphatic rings. The van der Waals surface area contributed by atoms with Crippen molar-refractivity contribution in [1.82, 2.24) is 0 Å². The molecule has 0 saturated carbocycles. The lowest BCUT2D eigenvalue weighted by Crippen LogP contribution is -2.55. The predicted octanol–water partition coefficient (Wildman–Crippen LogP) is 7.79. The van der Waals surface area contributed by atoms with E-state index in [1.165, 1.54) is 38.9 Å². The average molecular weight is 429 g/mol. The minimum Gasteiger partial charge on any atom is -0.0757 e. The molecule has 1 unspecified atom stereocenters. The van der Waals surface area contributed by atoms with E-state index in [1.54, 1.807) is 0 Å². The lowest BCUT2D eigenvalue weighted by Gasteiger charge is -2.47. The molecule has 1 atom stereocenters. The van der Waals surface area contributed by atoms with Gasteiger partial charge in [0.2, 0.25) is 0 Å². The van der Waals surface area contributed by atoms with Crippen LogP contribution in [0.2, 0.25) is 13.1 Å². The molecule has 0 heterocycles. The minimum absolute atomic E-state index is 0.0418. The molecular formula is C31H28Si. The molecule has 0 N–H and O–H groups in total. The number of fused-ring (bicyclic) bond motifs is 4. The van der Waals surface area contributed by atoms with Gasteiger partial charge in [0.05, 0.1) is 8.07 Å². The largest absolute Gasteiger partial charge is 0.0765 e. The van der Waals surface area contributed by atoms with Crippen LogP contribution in [0, 0.1) is 0 Å². The summed E-state index contributed by atoms with van der Waals surface area (Å²) in [6, 6.07) is 38.4. The Bertz CT molecular complexity index is 1290. The zero-order chi connectivity index (χ0) is 21.8. The van der Waals surface area contributed by atoms with Gasteiger partial charge in [-0.2, -0.15) is 0 Å². The molecule has 0 saturated heterocycles. The van der Waals surface area contributed by atoms with Gasteiger partial charge in [0.15, 0.2) is 0 Å². The Balaban J connectivity index is 1.59. The van der Waals surface area contributed by atoms with Crippen LogP contribution in [0.3, 0.4) is 0 Å². The number of benzene rings is 4. The summed E-state index contributed by atoms with van der Waals surface area (Å²) in [5.41, 5.74) is 10.7. The maximum atomic E-state index is 2.63. The van der Waals surface area contributed by atoms with Crippen LogP contribution in [-0.4, -0.2) is 8.07 Å². The standard InChI is InChI=1S/C31H28Si/c1-32(2,30-27-17-9-7-15-25(27)26-16-8-10-18-28(26)30)31(22-23-12-4-3-5-13-23)21-20-24-14-6-11-19-29(24)31/h3-21,30H,22H2,1-2H3. The first-order valence-corrected chi connectivity index (χ1v) is 14.7. The highest BCUT2D eigenvalue weighted by atomic mass is 28.3. The van der Waals surface area contributed by atoms with Gasteiger partial charge in [0, 0.05) is 10.6 Å². The van der Waals surface area contributed by atoms with Gasteiger partial charge in [-0.3, -0.25) is 0 Å². The summed E-state index contributed by atoms with van der Waals surface area (Å²) in [6.45, 7) is 5.26. The second-order valence-electron chi connectivity index (χ2n) is 9.88. The van der Waals surface area contributed by atoms with Crippen LogP contribution in [0.1, 0.15) is 33.4 Å². The third-order valence-electron chi connectivity index (χ3n) is 8.02. The highest BCUT2D eigenvalue weighted by molar-refractivity contribution is 6.83. The number of allylic oxidation sites excluding steroid dienone is 1. The van der Waals surface area contributed by atoms with Gasteiger partial charge in [0.1, 0.15) is 0 Å². The highest BCUT2D eigenvalue weighted by Gasteiger charge is 2.55. The second-order valence-corrected chi connectivity index (χ2v) is 14.8. The predicted molar refractivity (Wildman–Crippen MR) is 139 cm³/mol. The van der Waals surface area contributed by atoms with Gasteiger partial charge in [-0.25, -0.2) is 0 Å². The monoisotopic (exact) mass is 428 g/mol. The van der Waals surface area contributed by atoms with E-state index >= 15 is 0 Å². The first-order chi connectivity index (χ1) is 15.6. The lowest BCUT2D eigenvalue weighted by atomic mass is 9.92. The van der Waals surface area contributed by atoms with Crippen molar-refractivity contribution in [1.29, 1.82) is 0 Å².